The van der Waals surface area contributed by atoms with Gasteiger partial charge in [-0.3, -0.25) is 0 Å². The van der Waals surface area contributed by atoms with Crippen molar-refractivity contribution in [2.75, 3.05) is 6.54 Å². The molecule has 130 valence electrons. The molecule has 4 nitrogen and oxygen atoms in total. The van der Waals surface area contributed by atoms with E-state index in [4.69, 9.17) is 11.6 Å². The maximum absolute atomic E-state index is 13.1. The van der Waals surface area contributed by atoms with Crippen molar-refractivity contribution in [2.24, 2.45) is 0 Å². The van der Waals surface area contributed by atoms with Crippen LogP contribution in [0.1, 0.15) is 22.4 Å². The molecule has 4 rings (SSSR count). The van der Waals surface area contributed by atoms with Crippen molar-refractivity contribution >= 4 is 32.5 Å². The minimum atomic E-state index is -3.52. The Morgan fingerprint density at radius 3 is 2.68 bits per heavy atom. The van der Waals surface area contributed by atoms with Crippen LogP contribution in [0.15, 0.2) is 41.3 Å². The fraction of sp³-hybridized carbons (Fsp3) is 0.263. The molecular formula is C19H19ClN2O2S. The molecule has 0 spiro atoms. The highest BCUT2D eigenvalue weighted by molar-refractivity contribution is 7.89. The van der Waals surface area contributed by atoms with Gasteiger partial charge in [-0.05, 0) is 49.2 Å². The van der Waals surface area contributed by atoms with Crippen LogP contribution >= 0.6 is 11.6 Å². The Morgan fingerprint density at radius 2 is 1.92 bits per heavy atom. The number of aromatic amines is 1. The summed E-state index contributed by atoms with van der Waals surface area (Å²) in [7, 11) is -3.52. The fourth-order valence-electron chi connectivity index (χ4n) is 3.59. The molecule has 1 aliphatic heterocycles. The zero-order chi connectivity index (χ0) is 17.8. The van der Waals surface area contributed by atoms with Gasteiger partial charge >= 0.3 is 0 Å². The van der Waals surface area contributed by atoms with Crippen molar-refractivity contribution in [1.29, 1.82) is 0 Å². The van der Waals surface area contributed by atoms with Crippen LogP contribution in [0.4, 0.5) is 0 Å². The lowest BCUT2D eigenvalue weighted by molar-refractivity contribution is 0.391. The lowest BCUT2D eigenvalue weighted by atomic mass is 10.1. The number of benzene rings is 2. The number of aromatic nitrogens is 1. The molecule has 1 aromatic heterocycles. The summed E-state index contributed by atoms with van der Waals surface area (Å²) in [6.07, 6.45) is 0.672. The predicted molar refractivity (Wildman–Crippen MR) is 101 cm³/mol. The number of nitrogens with one attached hydrogen (secondary N) is 1. The van der Waals surface area contributed by atoms with Gasteiger partial charge < -0.3 is 4.98 Å². The number of rotatable bonds is 2. The lowest BCUT2D eigenvalue weighted by Gasteiger charge is -2.27. The van der Waals surface area contributed by atoms with Gasteiger partial charge in [0.2, 0.25) is 10.0 Å². The first-order valence-corrected chi connectivity index (χ1v) is 10.0. The average Bonchev–Trinajstić information content (AvgIpc) is 2.91. The number of H-pyrrole nitrogens is 1. The summed E-state index contributed by atoms with van der Waals surface area (Å²) in [5, 5.41) is 1.66. The van der Waals surface area contributed by atoms with Crippen LogP contribution < -0.4 is 0 Å². The maximum Gasteiger partial charge on any atom is 0.243 e. The van der Waals surface area contributed by atoms with Gasteiger partial charge in [0, 0.05) is 41.1 Å². The molecule has 0 unspecified atom stereocenters. The fourth-order valence-corrected chi connectivity index (χ4v) is 5.38. The minimum Gasteiger partial charge on any atom is -0.358 e. The van der Waals surface area contributed by atoms with Gasteiger partial charge in [-0.1, -0.05) is 29.3 Å². The molecule has 0 atom stereocenters. The normalized spacial score (nSPS) is 15.5. The number of halogens is 1. The third-order valence-corrected chi connectivity index (χ3v) is 7.09. The van der Waals surface area contributed by atoms with Crippen molar-refractivity contribution in [1.82, 2.24) is 9.29 Å². The molecule has 1 N–H and O–H groups in total. The topological polar surface area (TPSA) is 53.2 Å². The molecule has 25 heavy (non-hydrogen) atoms. The third-order valence-electron chi connectivity index (χ3n) is 4.85. The van der Waals surface area contributed by atoms with Crippen LogP contribution in [-0.4, -0.2) is 24.3 Å². The van der Waals surface area contributed by atoms with Crippen molar-refractivity contribution < 1.29 is 8.42 Å². The van der Waals surface area contributed by atoms with Crippen molar-refractivity contribution in [2.45, 2.75) is 31.7 Å². The summed E-state index contributed by atoms with van der Waals surface area (Å²) in [4.78, 5) is 3.78. The van der Waals surface area contributed by atoms with Gasteiger partial charge in [-0.15, -0.1) is 0 Å². The van der Waals surface area contributed by atoms with E-state index in [1.165, 1.54) is 0 Å². The van der Waals surface area contributed by atoms with E-state index in [9.17, 15) is 8.42 Å². The number of hydrogen-bond donors (Lipinski definition) is 1. The monoisotopic (exact) mass is 374 g/mol. The second-order valence-corrected chi connectivity index (χ2v) is 8.97. The molecule has 3 aromatic rings. The summed E-state index contributed by atoms with van der Waals surface area (Å²) in [6, 6.07) is 11.2. The number of aryl methyl sites for hydroxylation is 2. The van der Waals surface area contributed by atoms with Crippen LogP contribution in [0, 0.1) is 13.8 Å². The van der Waals surface area contributed by atoms with Gasteiger partial charge in [0.1, 0.15) is 0 Å². The van der Waals surface area contributed by atoms with Crippen LogP contribution in [0.5, 0.6) is 0 Å². The Labute approximate surface area is 152 Å². The molecule has 6 heteroatoms. The van der Waals surface area contributed by atoms with E-state index in [2.05, 4.69) is 4.98 Å². The van der Waals surface area contributed by atoms with E-state index >= 15 is 0 Å². The van der Waals surface area contributed by atoms with Gasteiger partial charge in [0.05, 0.1) is 4.90 Å². The highest BCUT2D eigenvalue weighted by Gasteiger charge is 2.31. The second-order valence-electron chi connectivity index (χ2n) is 6.63. The van der Waals surface area contributed by atoms with E-state index in [0.717, 1.165) is 33.3 Å². The lowest BCUT2D eigenvalue weighted by Crippen LogP contribution is -2.36. The first kappa shape index (κ1) is 16.6. The number of hydrogen-bond acceptors (Lipinski definition) is 2. The van der Waals surface area contributed by atoms with E-state index in [-0.39, 0.29) is 0 Å². The van der Waals surface area contributed by atoms with Crippen molar-refractivity contribution in [3.8, 4) is 0 Å². The molecule has 0 aliphatic carbocycles. The molecule has 0 amide bonds. The summed E-state index contributed by atoms with van der Waals surface area (Å²) < 4.78 is 27.9. The van der Waals surface area contributed by atoms with Gasteiger partial charge in [-0.25, -0.2) is 8.42 Å². The highest BCUT2D eigenvalue weighted by Crippen LogP contribution is 2.32. The molecule has 2 heterocycles. The maximum atomic E-state index is 13.1. The van der Waals surface area contributed by atoms with Crippen LogP contribution in [0.3, 0.4) is 0 Å². The predicted octanol–water partition coefficient (Wildman–Crippen LogP) is 4.19. The summed E-state index contributed by atoms with van der Waals surface area (Å²) >= 11 is 6.13. The Kier molecular flexibility index (Phi) is 3.90. The number of sulfonamides is 1. The molecule has 2 aromatic carbocycles. The van der Waals surface area contributed by atoms with Gasteiger partial charge in [0.15, 0.2) is 0 Å². The zero-order valence-corrected chi connectivity index (χ0v) is 15.7. The van der Waals surface area contributed by atoms with Crippen LogP contribution in [0.2, 0.25) is 5.02 Å². The first-order chi connectivity index (χ1) is 11.9. The van der Waals surface area contributed by atoms with Gasteiger partial charge in [-0.2, -0.15) is 4.31 Å². The van der Waals surface area contributed by atoms with E-state index in [0.29, 0.717) is 29.4 Å². The van der Waals surface area contributed by atoms with Crippen molar-refractivity contribution in [3.63, 3.8) is 0 Å². The second kappa shape index (κ2) is 5.87. The Hall–Kier alpha value is -1.82. The zero-order valence-electron chi connectivity index (χ0n) is 14.1. The quantitative estimate of drug-likeness (QED) is 0.731. The molecule has 0 bridgehead atoms. The summed E-state index contributed by atoms with van der Waals surface area (Å²) in [5.74, 6) is 0. The third kappa shape index (κ3) is 2.76. The summed E-state index contributed by atoms with van der Waals surface area (Å²) in [5.41, 5.74) is 4.97. The molecule has 0 saturated heterocycles. The van der Waals surface area contributed by atoms with E-state index in [1.54, 1.807) is 10.4 Å². The SMILES string of the molecule is Cc1ccc(S(=O)(=O)N2CCc3[nH]c4ccc(Cl)cc4c3C2)c(C)c1. The average molecular weight is 375 g/mol. The molecule has 1 aliphatic rings. The highest BCUT2D eigenvalue weighted by atomic mass is 35.5. The molecule has 0 saturated carbocycles. The minimum absolute atomic E-state index is 0.366. The molecule has 0 radical (unpaired) electrons. The number of fused-ring (bicyclic) bond motifs is 3. The Morgan fingerprint density at radius 1 is 1.12 bits per heavy atom. The smallest absolute Gasteiger partial charge is 0.243 e. The number of nitrogens with zero attached hydrogens (tertiary/aromatic N) is 1. The Balaban J connectivity index is 1.76. The standard InChI is InChI=1S/C19H19ClN2O2S/c1-12-3-6-19(13(2)9-12)25(23,24)22-8-7-18-16(11-22)15-10-14(20)4-5-17(15)21-18/h3-6,9-10,21H,7-8,11H2,1-2H3. The van der Waals surface area contributed by atoms with Crippen LogP contribution in [0.25, 0.3) is 10.9 Å². The van der Waals surface area contributed by atoms with Crippen molar-refractivity contribution in [3.05, 3.63) is 63.8 Å². The first-order valence-electron chi connectivity index (χ1n) is 8.22. The van der Waals surface area contributed by atoms with Gasteiger partial charge in [0.25, 0.3) is 0 Å². The van der Waals surface area contributed by atoms with Crippen LogP contribution in [-0.2, 0) is 23.0 Å². The Bertz CT molecular complexity index is 1090. The summed E-state index contributed by atoms with van der Waals surface area (Å²) in [6.45, 7) is 4.65. The molecule has 0 fully saturated rings. The largest absolute Gasteiger partial charge is 0.358 e. The molecular weight excluding hydrogens is 356 g/mol. The van der Waals surface area contributed by atoms with E-state index in [1.807, 2.05) is 44.2 Å². The van der Waals surface area contributed by atoms with E-state index < -0.39 is 10.0 Å².